The maximum atomic E-state index is 12.5. The Balaban J connectivity index is 1.71. The molecule has 0 radical (unpaired) electrons. The third-order valence-corrected chi connectivity index (χ3v) is 4.99. The van der Waals surface area contributed by atoms with Crippen molar-refractivity contribution in [2.45, 2.75) is 13.3 Å². The number of halogens is 1. The van der Waals surface area contributed by atoms with Crippen LogP contribution in [0.1, 0.15) is 18.9 Å². The first-order valence-electron chi connectivity index (χ1n) is 8.97. The maximum Gasteiger partial charge on any atom is 0.268 e. The molecule has 0 atom stereocenters. The van der Waals surface area contributed by atoms with E-state index in [1.807, 2.05) is 48.7 Å². The SMILES string of the molecule is CCCOc1ccc(/C=C(\C#N)C(=O)Nc2nc(-c3ccccc3Cl)cs2)cc1. The van der Waals surface area contributed by atoms with Crippen LogP contribution in [0.4, 0.5) is 5.13 Å². The summed E-state index contributed by atoms with van der Waals surface area (Å²) in [5, 5.41) is 14.8. The summed E-state index contributed by atoms with van der Waals surface area (Å²) in [7, 11) is 0. The Morgan fingerprint density at radius 3 is 2.72 bits per heavy atom. The van der Waals surface area contributed by atoms with Gasteiger partial charge in [-0.15, -0.1) is 11.3 Å². The highest BCUT2D eigenvalue weighted by Gasteiger charge is 2.13. The van der Waals surface area contributed by atoms with Crippen molar-refractivity contribution in [1.29, 1.82) is 5.26 Å². The molecule has 1 heterocycles. The quantitative estimate of drug-likeness (QED) is 0.385. The van der Waals surface area contributed by atoms with Crippen molar-refractivity contribution in [1.82, 2.24) is 4.98 Å². The summed E-state index contributed by atoms with van der Waals surface area (Å²) in [5.74, 6) is 0.237. The molecule has 29 heavy (non-hydrogen) atoms. The summed E-state index contributed by atoms with van der Waals surface area (Å²) in [4.78, 5) is 16.9. The zero-order chi connectivity index (χ0) is 20.6. The van der Waals surface area contributed by atoms with Gasteiger partial charge in [0.2, 0.25) is 0 Å². The van der Waals surface area contributed by atoms with E-state index < -0.39 is 5.91 Å². The lowest BCUT2D eigenvalue weighted by Gasteiger charge is -2.04. The molecule has 0 fully saturated rings. The molecule has 2 aromatic carbocycles. The van der Waals surface area contributed by atoms with Gasteiger partial charge in [0.25, 0.3) is 5.91 Å². The number of nitrogens with one attached hydrogen (secondary N) is 1. The third kappa shape index (κ3) is 5.44. The van der Waals surface area contributed by atoms with Crippen molar-refractivity contribution < 1.29 is 9.53 Å². The Kier molecular flexibility index (Phi) is 7.01. The number of carbonyl (C=O) groups is 1. The van der Waals surface area contributed by atoms with Gasteiger partial charge in [-0.2, -0.15) is 5.26 Å². The molecule has 0 bridgehead atoms. The van der Waals surface area contributed by atoms with E-state index in [0.717, 1.165) is 23.3 Å². The molecular weight excluding hydrogens is 406 g/mol. The number of thiazole rings is 1. The highest BCUT2D eigenvalue weighted by atomic mass is 35.5. The molecule has 0 aliphatic carbocycles. The van der Waals surface area contributed by atoms with Crippen molar-refractivity contribution in [3.05, 3.63) is 70.1 Å². The van der Waals surface area contributed by atoms with Gasteiger partial charge in [-0.1, -0.05) is 48.9 Å². The van der Waals surface area contributed by atoms with Crippen molar-refractivity contribution in [3.8, 4) is 23.1 Å². The van der Waals surface area contributed by atoms with Crippen LogP contribution >= 0.6 is 22.9 Å². The molecule has 146 valence electrons. The first-order valence-corrected chi connectivity index (χ1v) is 10.2. The summed E-state index contributed by atoms with van der Waals surface area (Å²) in [5.41, 5.74) is 2.17. The second-order valence-corrected chi connectivity index (χ2v) is 7.32. The van der Waals surface area contributed by atoms with Crippen LogP contribution in [0.15, 0.2) is 59.5 Å². The Morgan fingerprint density at radius 1 is 1.28 bits per heavy atom. The van der Waals surface area contributed by atoms with E-state index in [4.69, 9.17) is 16.3 Å². The van der Waals surface area contributed by atoms with E-state index in [-0.39, 0.29) is 5.57 Å². The molecule has 0 aliphatic heterocycles. The summed E-state index contributed by atoms with van der Waals surface area (Å²) in [6.45, 7) is 2.68. The number of aromatic nitrogens is 1. The number of ether oxygens (including phenoxy) is 1. The van der Waals surface area contributed by atoms with Crippen LogP contribution in [0, 0.1) is 11.3 Å². The van der Waals surface area contributed by atoms with Gasteiger partial charge in [-0.05, 0) is 36.3 Å². The molecule has 1 N–H and O–H groups in total. The number of nitrogens with zero attached hydrogens (tertiary/aromatic N) is 2. The van der Waals surface area contributed by atoms with Crippen LogP contribution in [0.3, 0.4) is 0 Å². The zero-order valence-corrected chi connectivity index (χ0v) is 17.3. The van der Waals surface area contributed by atoms with Crippen molar-refractivity contribution in [3.63, 3.8) is 0 Å². The van der Waals surface area contributed by atoms with Gasteiger partial charge < -0.3 is 4.74 Å². The van der Waals surface area contributed by atoms with E-state index >= 15 is 0 Å². The summed E-state index contributed by atoms with van der Waals surface area (Å²) < 4.78 is 5.53. The largest absolute Gasteiger partial charge is 0.494 e. The first kappa shape index (κ1) is 20.6. The van der Waals surface area contributed by atoms with Gasteiger partial charge in [-0.25, -0.2) is 4.98 Å². The monoisotopic (exact) mass is 423 g/mol. The molecular formula is C22H18ClN3O2S. The molecule has 3 aromatic rings. The number of nitriles is 1. The van der Waals surface area contributed by atoms with Crippen LogP contribution in [0.25, 0.3) is 17.3 Å². The molecule has 0 spiro atoms. The molecule has 0 saturated heterocycles. The molecule has 3 rings (SSSR count). The smallest absolute Gasteiger partial charge is 0.268 e. The normalized spacial score (nSPS) is 11.0. The molecule has 7 heteroatoms. The lowest BCUT2D eigenvalue weighted by atomic mass is 10.1. The Bertz CT molecular complexity index is 1070. The Labute approximate surface area is 178 Å². The fourth-order valence-corrected chi connectivity index (χ4v) is 3.42. The number of carbonyl (C=O) groups excluding carboxylic acids is 1. The number of rotatable bonds is 7. The molecule has 0 saturated carbocycles. The summed E-state index contributed by atoms with van der Waals surface area (Å²) >= 11 is 7.46. The Hall–Kier alpha value is -3.14. The van der Waals surface area contributed by atoms with Crippen LogP contribution < -0.4 is 10.1 Å². The minimum atomic E-state index is -0.515. The van der Waals surface area contributed by atoms with Crippen LogP contribution in [0.2, 0.25) is 5.02 Å². The fraction of sp³-hybridized carbons (Fsp3) is 0.136. The minimum Gasteiger partial charge on any atom is -0.494 e. The molecule has 5 nitrogen and oxygen atoms in total. The maximum absolute atomic E-state index is 12.5. The molecule has 1 amide bonds. The average Bonchev–Trinajstić information content (AvgIpc) is 3.19. The Morgan fingerprint density at radius 2 is 2.03 bits per heavy atom. The highest BCUT2D eigenvalue weighted by Crippen LogP contribution is 2.30. The number of anilines is 1. The van der Waals surface area contributed by atoms with Crippen molar-refractivity contribution in [2.75, 3.05) is 11.9 Å². The van der Waals surface area contributed by atoms with Crippen LogP contribution in [0.5, 0.6) is 5.75 Å². The second-order valence-electron chi connectivity index (χ2n) is 6.06. The van der Waals surface area contributed by atoms with E-state index in [1.165, 1.54) is 17.4 Å². The van der Waals surface area contributed by atoms with Gasteiger partial charge >= 0.3 is 0 Å². The van der Waals surface area contributed by atoms with Gasteiger partial charge in [0.1, 0.15) is 17.4 Å². The predicted octanol–water partition coefficient (Wildman–Crippen LogP) is 5.80. The van der Waals surface area contributed by atoms with Crippen molar-refractivity contribution in [2.24, 2.45) is 0 Å². The van der Waals surface area contributed by atoms with E-state index in [2.05, 4.69) is 10.3 Å². The fourth-order valence-electron chi connectivity index (χ4n) is 2.48. The van der Waals surface area contributed by atoms with Crippen LogP contribution in [-0.2, 0) is 4.79 Å². The number of amides is 1. The topological polar surface area (TPSA) is 75.0 Å². The number of hydrogen-bond acceptors (Lipinski definition) is 5. The van der Waals surface area contributed by atoms with Crippen molar-refractivity contribution >= 4 is 40.1 Å². The molecule has 1 aromatic heterocycles. The highest BCUT2D eigenvalue weighted by molar-refractivity contribution is 7.14. The summed E-state index contributed by atoms with van der Waals surface area (Å²) in [6, 6.07) is 16.5. The van der Waals surface area contributed by atoms with Crippen LogP contribution in [-0.4, -0.2) is 17.5 Å². The second kappa shape index (κ2) is 9.87. The third-order valence-electron chi connectivity index (χ3n) is 3.90. The summed E-state index contributed by atoms with van der Waals surface area (Å²) in [6.07, 6.45) is 2.46. The van der Waals surface area contributed by atoms with E-state index in [1.54, 1.807) is 18.2 Å². The zero-order valence-electron chi connectivity index (χ0n) is 15.7. The lowest BCUT2D eigenvalue weighted by Crippen LogP contribution is -2.13. The van der Waals surface area contributed by atoms with Gasteiger partial charge in [0.15, 0.2) is 5.13 Å². The minimum absolute atomic E-state index is 0.0123. The average molecular weight is 424 g/mol. The predicted molar refractivity (Wildman–Crippen MR) is 117 cm³/mol. The van der Waals surface area contributed by atoms with Gasteiger partial charge in [0, 0.05) is 16.0 Å². The standard InChI is InChI=1S/C22H18ClN3O2S/c1-2-11-28-17-9-7-15(8-10-17)12-16(13-24)21(27)26-22-25-20(14-29-22)18-5-3-4-6-19(18)23/h3-10,12,14H,2,11H2,1H3,(H,25,26,27)/b16-12+. The lowest BCUT2D eigenvalue weighted by molar-refractivity contribution is -0.112. The van der Waals surface area contributed by atoms with Gasteiger partial charge in [-0.3, -0.25) is 10.1 Å². The van der Waals surface area contributed by atoms with Gasteiger partial charge in [0.05, 0.1) is 12.3 Å². The number of benzene rings is 2. The number of hydrogen-bond donors (Lipinski definition) is 1. The molecule has 0 aliphatic rings. The molecule has 0 unspecified atom stereocenters. The van der Waals surface area contributed by atoms with E-state index in [0.29, 0.717) is 22.5 Å². The first-order chi connectivity index (χ1) is 14.1. The van der Waals surface area contributed by atoms with E-state index in [9.17, 15) is 10.1 Å².